The molecule has 1 fully saturated rings. The molecule has 0 saturated carbocycles. The number of aryl methyl sites for hydroxylation is 1. The zero-order chi connectivity index (χ0) is 21.1. The number of fused-ring (bicyclic) bond motifs is 1. The number of aromatic nitrogens is 1. The lowest BCUT2D eigenvalue weighted by Crippen LogP contribution is -2.47. The van der Waals surface area contributed by atoms with E-state index < -0.39 is 6.10 Å². The largest absolute Gasteiger partial charge is 0.387 e. The summed E-state index contributed by atoms with van der Waals surface area (Å²) in [5.41, 5.74) is 2.48. The Morgan fingerprint density at radius 3 is 2.47 bits per heavy atom. The van der Waals surface area contributed by atoms with Crippen molar-refractivity contribution in [3.8, 4) is 0 Å². The van der Waals surface area contributed by atoms with Gasteiger partial charge < -0.3 is 19.5 Å². The summed E-state index contributed by atoms with van der Waals surface area (Å²) in [5, 5.41) is 10.5. The van der Waals surface area contributed by atoms with E-state index in [4.69, 9.17) is 0 Å². The van der Waals surface area contributed by atoms with E-state index >= 15 is 0 Å². The van der Waals surface area contributed by atoms with Crippen molar-refractivity contribution in [1.29, 1.82) is 0 Å². The number of carbonyl (C=O) groups is 1. The zero-order valence-corrected chi connectivity index (χ0v) is 17.6. The van der Waals surface area contributed by atoms with E-state index in [-0.39, 0.29) is 11.7 Å². The van der Waals surface area contributed by atoms with Crippen molar-refractivity contribution in [1.82, 2.24) is 14.4 Å². The molecule has 0 spiro atoms. The highest BCUT2D eigenvalue weighted by atomic mass is 19.1. The average molecular weight is 415 g/mol. The topological polar surface area (TPSA) is 52.0 Å². The average Bonchev–Trinajstić information content (AvgIpc) is 3.16. The SMILES string of the molecule is CCn1ccc2c1C(O)CCN(CCCN1CCN(c3ccc(F)cc3)CC1)C2=O. The molecule has 30 heavy (non-hydrogen) atoms. The first-order chi connectivity index (χ1) is 14.6. The molecule has 0 radical (unpaired) electrons. The molecule has 2 aromatic rings. The Balaban J connectivity index is 1.27. The first kappa shape index (κ1) is 20.9. The van der Waals surface area contributed by atoms with E-state index in [9.17, 15) is 14.3 Å². The van der Waals surface area contributed by atoms with Gasteiger partial charge in [-0.05, 0) is 56.6 Å². The van der Waals surface area contributed by atoms with Gasteiger partial charge >= 0.3 is 0 Å². The van der Waals surface area contributed by atoms with Gasteiger partial charge in [0.05, 0.1) is 17.4 Å². The summed E-state index contributed by atoms with van der Waals surface area (Å²) in [6.45, 7) is 8.81. The highest BCUT2D eigenvalue weighted by Crippen LogP contribution is 2.28. The number of carbonyl (C=O) groups excluding carboxylic acids is 1. The Morgan fingerprint density at radius 2 is 1.77 bits per heavy atom. The van der Waals surface area contributed by atoms with E-state index in [1.807, 2.05) is 40.8 Å². The fourth-order valence-corrected chi connectivity index (χ4v) is 4.58. The molecule has 1 aromatic heterocycles. The van der Waals surface area contributed by atoms with Crippen molar-refractivity contribution in [2.45, 2.75) is 32.4 Å². The summed E-state index contributed by atoms with van der Waals surface area (Å²) in [7, 11) is 0. The maximum atomic E-state index is 13.1. The molecule has 1 atom stereocenters. The number of benzene rings is 1. The van der Waals surface area contributed by atoms with Crippen LogP contribution in [-0.4, -0.2) is 71.2 Å². The molecular weight excluding hydrogens is 383 g/mol. The number of piperazine rings is 1. The van der Waals surface area contributed by atoms with Crippen molar-refractivity contribution in [2.75, 3.05) is 50.7 Å². The third kappa shape index (κ3) is 4.37. The predicted octanol–water partition coefficient (Wildman–Crippen LogP) is 2.74. The first-order valence-corrected chi connectivity index (χ1v) is 11.0. The Morgan fingerprint density at radius 1 is 1.03 bits per heavy atom. The lowest BCUT2D eigenvalue weighted by Gasteiger charge is -2.36. The van der Waals surface area contributed by atoms with Crippen LogP contribution in [0.2, 0.25) is 0 Å². The van der Waals surface area contributed by atoms with Gasteiger partial charge in [-0.2, -0.15) is 0 Å². The van der Waals surface area contributed by atoms with Gasteiger partial charge in [0.1, 0.15) is 5.82 Å². The van der Waals surface area contributed by atoms with Crippen molar-refractivity contribution in [3.05, 3.63) is 53.6 Å². The number of hydrogen-bond donors (Lipinski definition) is 1. The lowest BCUT2D eigenvalue weighted by atomic mass is 10.1. The van der Waals surface area contributed by atoms with E-state index in [0.717, 1.165) is 57.1 Å². The van der Waals surface area contributed by atoms with E-state index in [1.165, 1.54) is 12.1 Å². The van der Waals surface area contributed by atoms with Crippen LogP contribution in [-0.2, 0) is 6.54 Å². The second-order valence-electron chi connectivity index (χ2n) is 8.16. The number of rotatable bonds is 6. The number of halogens is 1. The van der Waals surface area contributed by atoms with Crippen molar-refractivity contribution in [2.24, 2.45) is 0 Å². The maximum Gasteiger partial charge on any atom is 0.255 e. The minimum absolute atomic E-state index is 0.0369. The van der Waals surface area contributed by atoms with Crippen molar-refractivity contribution in [3.63, 3.8) is 0 Å². The van der Waals surface area contributed by atoms with Crippen LogP contribution in [0.5, 0.6) is 0 Å². The fraction of sp³-hybridized carbons (Fsp3) is 0.522. The van der Waals surface area contributed by atoms with Gasteiger partial charge in [-0.3, -0.25) is 9.69 Å². The Bertz CT molecular complexity index is 859. The molecule has 4 rings (SSSR count). The van der Waals surface area contributed by atoms with Crippen LogP contribution in [0.4, 0.5) is 10.1 Å². The molecule has 0 aliphatic carbocycles. The minimum atomic E-state index is -0.580. The van der Waals surface area contributed by atoms with E-state index in [1.54, 1.807) is 0 Å². The zero-order valence-electron chi connectivity index (χ0n) is 17.6. The van der Waals surface area contributed by atoms with Crippen LogP contribution >= 0.6 is 0 Å². The van der Waals surface area contributed by atoms with Gasteiger partial charge in [0.15, 0.2) is 0 Å². The molecule has 1 saturated heterocycles. The van der Waals surface area contributed by atoms with Gasteiger partial charge in [0.25, 0.3) is 5.91 Å². The number of aliphatic hydroxyl groups excluding tert-OH is 1. The van der Waals surface area contributed by atoms with Gasteiger partial charge in [0.2, 0.25) is 0 Å². The second-order valence-corrected chi connectivity index (χ2v) is 8.16. The molecule has 1 amide bonds. The monoisotopic (exact) mass is 414 g/mol. The molecule has 6 nitrogen and oxygen atoms in total. The summed E-state index contributed by atoms with van der Waals surface area (Å²) in [5.74, 6) is -0.166. The van der Waals surface area contributed by atoms with E-state index in [0.29, 0.717) is 25.1 Å². The highest BCUT2D eigenvalue weighted by Gasteiger charge is 2.29. The molecule has 2 aliphatic rings. The first-order valence-electron chi connectivity index (χ1n) is 11.0. The summed E-state index contributed by atoms with van der Waals surface area (Å²) in [6, 6.07) is 8.54. The summed E-state index contributed by atoms with van der Waals surface area (Å²) < 4.78 is 15.1. The molecule has 1 N–H and O–H groups in total. The molecule has 0 bridgehead atoms. The smallest absolute Gasteiger partial charge is 0.255 e. The van der Waals surface area contributed by atoms with Crippen LogP contribution in [0.3, 0.4) is 0 Å². The number of hydrogen-bond acceptors (Lipinski definition) is 4. The summed E-state index contributed by atoms with van der Waals surface area (Å²) >= 11 is 0. The molecule has 1 aromatic carbocycles. The van der Waals surface area contributed by atoms with Crippen molar-refractivity contribution < 1.29 is 14.3 Å². The van der Waals surface area contributed by atoms with Crippen molar-refractivity contribution >= 4 is 11.6 Å². The van der Waals surface area contributed by atoms with Gasteiger partial charge in [-0.1, -0.05) is 0 Å². The number of nitrogens with zero attached hydrogens (tertiary/aromatic N) is 4. The standard InChI is InChI=1S/C23H31FN4O2/c1-2-26-12-8-20-22(26)21(29)9-13-28(23(20)30)11-3-10-25-14-16-27(17-15-25)19-6-4-18(24)5-7-19/h4-8,12,21,29H,2-3,9-11,13-17H2,1H3. The molecule has 162 valence electrons. The van der Waals surface area contributed by atoms with Crippen LogP contribution in [0.15, 0.2) is 36.5 Å². The van der Waals surface area contributed by atoms with E-state index in [2.05, 4.69) is 9.80 Å². The lowest BCUT2D eigenvalue weighted by molar-refractivity contribution is 0.0738. The quantitative estimate of drug-likeness (QED) is 0.790. The Hall–Kier alpha value is -2.38. The Kier molecular flexibility index (Phi) is 6.39. The molecule has 1 unspecified atom stereocenters. The van der Waals surface area contributed by atoms with Crippen LogP contribution in [0, 0.1) is 5.82 Å². The third-order valence-corrected chi connectivity index (χ3v) is 6.32. The second kappa shape index (κ2) is 9.18. The maximum absolute atomic E-state index is 13.1. The number of amides is 1. The highest BCUT2D eigenvalue weighted by molar-refractivity contribution is 5.96. The fourth-order valence-electron chi connectivity index (χ4n) is 4.58. The third-order valence-electron chi connectivity index (χ3n) is 6.32. The minimum Gasteiger partial charge on any atom is -0.387 e. The van der Waals surface area contributed by atoms with Gasteiger partial charge in [0, 0.05) is 57.7 Å². The van der Waals surface area contributed by atoms with Gasteiger partial charge in [-0.25, -0.2) is 4.39 Å². The molecule has 2 aliphatic heterocycles. The summed E-state index contributed by atoms with van der Waals surface area (Å²) in [4.78, 5) is 19.6. The van der Waals surface area contributed by atoms with Crippen LogP contribution in [0.1, 0.15) is 41.9 Å². The Labute approximate surface area is 177 Å². The normalized spacial score (nSPS) is 20.4. The number of anilines is 1. The predicted molar refractivity (Wildman–Crippen MR) is 115 cm³/mol. The van der Waals surface area contributed by atoms with Gasteiger partial charge in [-0.15, -0.1) is 0 Å². The molecule has 7 heteroatoms. The molecule has 3 heterocycles. The van der Waals surface area contributed by atoms with Crippen LogP contribution < -0.4 is 4.90 Å². The molecular formula is C23H31FN4O2. The number of aliphatic hydroxyl groups is 1. The summed E-state index contributed by atoms with van der Waals surface area (Å²) in [6.07, 6.45) is 2.82. The van der Waals surface area contributed by atoms with Crippen LogP contribution in [0.25, 0.3) is 0 Å².